The number of rotatable bonds is 10. The van der Waals surface area contributed by atoms with Crippen LogP contribution in [-0.4, -0.2) is 29.9 Å². The Morgan fingerprint density at radius 3 is 2.62 bits per heavy atom. The Balaban J connectivity index is 1.93. The van der Waals surface area contributed by atoms with Gasteiger partial charge in [0.05, 0.1) is 35.1 Å². The van der Waals surface area contributed by atoms with Gasteiger partial charge in [-0.3, -0.25) is 9.36 Å². The van der Waals surface area contributed by atoms with E-state index in [9.17, 15) is 9.59 Å². The van der Waals surface area contributed by atoms with Crippen LogP contribution in [0.5, 0.6) is 11.5 Å². The van der Waals surface area contributed by atoms with Gasteiger partial charge in [0.25, 0.3) is 5.56 Å². The highest BCUT2D eigenvalue weighted by Gasteiger charge is 2.35. The monoisotopic (exact) mass is 546 g/mol. The second-order valence-corrected chi connectivity index (χ2v) is 10.3. The quantitative estimate of drug-likeness (QED) is 0.272. The van der Waals surface area contributed by atoms with Crippen LogP contribution in [-0.2, 0) is 16.0 Å². The Morgan fingerprint density at radius 1 is 1.15 bits per heavy atom. The van der Waals surface area contributed by atoms with Crippen LogP contribution in [0.1, 0.15) is 57.4 Å². The van der Waals surface area contributed by atoms with Gasteiger partial charge in [0, 0.05) is 5.56 Å². The molecule has 1 atom stereocenters. The van der Waals surface area contributed by atoms with Crippen LogP contribution in [0.3, 0.4) is 0 Å². The standard InChI is InChI=1S/C31H34N2O5S/c1-7-12-22-17-21(15-16-24(22)36-8-2)18-26-29(34)33-28(23-13-10-11-14-25(23)38-19(4)5)27(30(35)37-9-3)20(6)32-31(33)39-26/h7,10-11,13-19,28H,1,8-9,12H2,2-6H3/b26-18-. The van der Waals surface area contributed by atoms with Crippen LogP contribution in [0.25, 0.3) is 6.08 Å². The maximum Gasteiger partial charge on any atom is 0.338 e. The van der Waals surface area contributed by atoms with Crippen molar-refractivity contribution < 1.29 is 19.0 Å². The molecule has 0 aliphatic carbocycles. The summed E-state index contributed by atoms with van der Waals surface area (Å²) in [4.78, 5) is 32.4. The first-order valence-corrected chi connectivity index (χ1v) is 13.9. The van der Waals surface area contributed by atoms with Crippen LogP contribution in [0.2, 0.25) is 0 Å². The summed E-state index contributed by atoms with van der Waals surface area (Å²) < 4.78 is 19.4. The molecule has 1 aliphatic rings. The molecule has 0 N–H and O–H groups in total. The molecule has 1 unspecified atom stereocenters. The van der Waals surface area contributed by atoms with E-state index >= 15 is 0 Å². The molecule has 1 aromatic heterocycles. The first-order chi connectivity index (χ1) is 18.8. The van der Waals surface area contributed by atoms with Crippen molar-refractivity contribution in [2.45, 2.75) is 53.2 Å². The highest BCUT2D eigenvalue weighted by Crippen LogP contribution is 2.36. The molecule has 0 saturated carbocycles. The van der Waals surface area contributed by atoms with E-state index in [4.69, 9.17) is 14.2 Å². The summed E-state index contributed by atoms with van der Waals surface area (Å²) in [6.45, 7) is 14.0. The molecule has 4 rings (SSSR count). The lowest BCUT2D eigenvalue weighted by molar-refractivity contribution is -0.139. The Labute approximate surface area is 232 Å². The van der Waals surface area contributed by atoms with Crippen molar-refractivity contribution in [2.75, 3.05) is 13.2 Å². The van der Waals surface area contributed by atoms with Crippen molar-refractivity contribution in [1.29, 1.82) is 0 Å². The molecule has 2 heterocycles. The summed E-state index contributed by atoms with van der Waals surface area (Å²) in [6, 6.07) is 12.6. The zero-order chi connectivity index (χ0) is 28.1. The molecule has 8 heteroatoms. The molecule has 204 valence electrons. The zero-order valence-corrected chi connectivity index (χ0v) is 23.8. The van der Waals surface area contributed by atoms with Gasteiger partial charge in [0.2, 0.25) is 0 Å². The van der Waals surface area contributed by atoms with Gasteiger partial charge in [0.15, 0.2) is 4.80 Å². The van der Waals surface area contributed by atoms with E-state index in [1.807, 2.05) is 75.4 Å². The second-order valence-electron chi connectivity index (χ2n) is 9.30. The number of carbonyl (C=O) groups excluding carboxylic acids is 1. The Morgan fingerprint density at radius 2 is 1.92 bits per heavy atom. The molecule has 0 radical (unpaired) electrons. The smallest absolute Gasteiger partial charge is 0.338 e. The summed E-state index contributed by atoms with van der Waals surface area (Å²) in [5.41, 5.74) is 3.15. The van der Waals surface area contributed by atoms with E-state index in [0.29, 0.717) is 44.9 Å². The van der Waals surface area contributed by atoms with E-state index in [2.05, 4.69) is 11.6 Å². The predicted octanol–water partition coefficient (Wildman–Crippen LogP) is 4.71. The number of hydrogen-bond donors (Lipinski definition) is 0. The number of ether oxygens (including phenoxy) is 3. The van der Waals surface area contributed by atoms with E-state index < -0.39 is 12.0 Å². The Kier molecular flexibility index (Phi) is 8.86. The molecule has 0 amide bonds. The molecule has 0 spiro atoms. The maximum atomic E-state index is 14.0. The van der Waals surface area contributed by atoms with Gasteiger partial charge in [-0.25, -0.2) is 9.79 Å². The van der Waals surface area contributed by atoms with Crippen LogP contribution in [0.15, 0.2) is 76.2 Å². The molecule has 0 saturated heterocycles. The number of nitrogens with zero attached hydrogens (tertiary/aromatic N) is 2. The topological polar surface area (TPSA) is 79.1 Å². The summed E-state index contributed by atoms with van der Waals surface area (Å²) in [6.07, 6.45) is 4.23. The third kappa shape index (κ3) is 5.91. The summed E-state index contributed by atoms with van der Waals surface area (Å²) in [5, 5.41) is 0. The molecule has 3 aromatic rings. The van der Waals surface area contributed by atoms with Gasteiger partial charge < -0.3 is 14.2 Å². The van der Waals surface area contributed by atoms with Gasteiger partial charge in [0.1, 0.15) is 17.5 Å². The maximum absolute atomic E-state index is 14.0. The fraction of sp³-hybridized carbons (Fsp3) is 0.323. The SMILES string of the molecule is C=CCc1cc(/C=c2\sc3n(c2=O)C(c2ccccc2OC(C)C)C(C(=O)OCC)=C(C)N=3)ccc1OCC. The zero-order valence-electron chi connectivity index (χ0n) is 23.0. The molecular formula is C31H34N2O5S. The van der Waals surface area contributed by atoms with Crippen molar-refractivity contribution in [3.63, 3.8) is 0 Å². The van der Waals surface area contributed by atoms with Gasteiger partial charge in [-0.05, 0) is 76.4 Å². The van der Waals surface area contributed by atoms with E-state index in [1.54, 1.807) is 18.4 Å². The lowest BCUT2D eigenvalue weighted by atomic mass is 9.95. The summed E-state index contributed by atoms with van der Waals surface area (Å²) in [7, 11) is 0. The molecule has 2 aromatic carbocycles. The van der Waals surface area contributed by atoms with Crippen molar-refractivity contribution in [3.8, 4) is 11.5 Å². The number of thiazole rings is 1. The molecule has 39 heavy (non-hydrogen) atoms. The lowest BCUT2D eigenvalue weighted by Gasteiger charge is -2.26. The largest absolute Gasteiger partial charge is 0.494 e. The fourth-order valence-corrected chi connectivity index (χ4v) is 5.65. The van der Waals surface area contributed by atoms with Crippen molar-refractivity contribution in [3.05, 3.63) is 103 Å². The van der Waals surface area contributed by atoms with E-state index in [1.165, 1.54) is 11.3 Å². The molecule has 7 nitrogen and oxygen atoms in total. The highest BCUT2D eigenvalue weighted by atomic mass is 32.1. The van der Waals surface area contributed by atoms with Gasteiger partial charge in [-0.15, -0.1) is 6.58 Å². The first-order valence-electron chi connectivity index (χ1n) is 13.1. The molecule has 1 aliphatic heterocycles. The van der Waals surface area contributed by atoms with Crippen LogP contribution in [0, 0.1) is 0 Å². The molecule has 0 fully saturated rings. The minimum absolute atomic E-state index is 0.0949. The Hall–Kier alpha value is -3.91. The fourth-order valence-electron chi connectivity index (χ4n) is 4.61. The van der Waals surface area contributed by atoms with Gasteiger partial charge in [-0.1, -0.05) is 41.7 Å². The minimum atomic E-state index is -0.742. The summed E-state index contributed by atoms with van der Waals surface area (Å²) >= 11 is 1.29. The molecular weight excluding hydrogens is 512 g/mol. The number of carbonyl (C=O) groups is 1. The van der Waals surface area contributed by atoms with Crippen LogP contribution >= 0.6 is 11.3 Å². The molecule has 0 bridgehead atoms. The second kappa shape index (κ2) is 12.3. The van der Waals surface area contributed by atoms with Crippen molar-refractivity contribution >= 4 is 23.4 Å². The number of benzene rings is 2. The average Bonchev–Trinajstić information content (AvgIpc) is 3.19. The van der Waals surface area contributed by atoms with Gasteiger partial charge in [-0.2, -0.15) is 0 Å². The average molecular weight is 547 g/mol. The first kappa shape index (κ1) is 28.1. The number of esters is 1. The number of aromatic nitrogens is 1. The summed E-state index contributed by atoms with van der Waals surface area (Å²) in [5.74, 6) is 0.898. The van der Waals surface area contributed by atoms with Crippen LogP contribution < -0.4 is 24.4 Å². The Bertz CT molecular complexity index is 1600. The number of para-hydroxylation sites is 1. The lowest BCUT2D eigenvalue weighted by Crippen LogP contribution is -2.40. The van der Waals surface area contributed by atoms with Crippen molar-refractivity contribution in [2.24, 2.45) is 4.99 Å². The van der Waals surface area contributed by atoms with Crippen molar-refractivity contribution in [1.82, 2.24) is 4.57 Å². The van der Waals surface area contributed by atoms with E-state index in [0.717, 1.165) is 16.9 Å². The third-order valence-electron chi connectivity index (χ3n) is 6.14. The minimum Gasteiger partial charge on any atom is -0.494 e. The number of hydrogen-bond acceptors (Lipinski definition) is 7. The third-order valence-corrected chi connectivity index (χ3v) is 7.12. The number of fused-ring (bicyclic) bond motifs is 1. The van der Waals surface area contributed by atoms with E-state index in [-0.39, 0.29) is 18.3 Å². The predicted molar refractivity (Wildman–Crippen MR) is 154 cm³/mol. The normalized spacial score (nSPS) is 15.1. The highest BCUT2D eigenvalue weighted by molar-refractivity contribution is 7.07. The van der Waals surface area contributed by atoms with Crippen LogP contribution in [0.4, 0.5) is 0 Å². The number of allylic oxidation sites excluding steroid dienone is 2. The van der Waals surface area contributed by atoms with Gasteiger partial charge >= 0.3 is 5.97 Å².